The molecular formula is C9H15N3O2. The number of carbonyl (C=O) groups is 1. The summed E-state index contributed by atoms with van der Waals surface area (Å²) in [6, 6.07) is 0. The van der Waals surface area contributed by atoms with Crippen molar-refractivity contribution in [2.75, 3.05) is 13.1 Å². The van der Waals surface area contributed by atoms with Crippen LogP contribution in [0, 0.1) is 13.8 Å². The van der Waals surface area contributed by atoms with Crippen molar-refractivity contribution in [3.05, 3.63) is 17.3 Å². The largest absolute Gasteiger partial charge is 0.445 e. The van der Waals surface area contributed by atoms with Gasteiger partial charge >= 0.3 is 0 Å². The van der Waals surface area contributed by atoms with Gasteiger partial charge in [-0.15, -0.1) is 0 Å². The highest BCUT2D eigenvalue weighted by Crippen LogP contribution is 2.08. The molecule has 0 saturated heterocycles. The molecule has 0 aliphatic carbocycles. The zero-order chi connectivity index (χ0) is 10.6. The molecular weight excluding hydrogens is 182 g/mol. The van der Waals surface area contributed by atoms with E-state index in [4.69, 9.17) is 10.2 Å². The maximum absolute atomic E-state index is 11.2. The van der Waals surface area contributed by atoms with Crippen molar-refractivity contribution in [1.29, 1.82) is 0 Å². The van der Waals surface area contributed by atoms with Crippen LogP contribution < -0.4 is 11.1 Å². The number of rotatable bonds is 4. The lowest BCUT2D eigenvalue weighted by molar-refractivity contribution is -0.120. The Morgan fingerprint density at radius 3 is 2.79 bits per heavy atom. The lowest BCUT2D eigenvalue weighted by Crippen LogP contribution is -2.30. The summed E-state index contributed by atoms with van der Waals surface area (Å²) in [7, 11) is 0. The monoisotopic (exact) mass is 197 g/mol. The second-order valence-corrected chi connectivity index (χ2v) is 3.06. The molecule has 0 aliphatic heterocycles. The number of amides is 1. The predicted octanol–water partition coefficient (Wildman–Crippen LogP) is -0.0912. The van der Waals surface area contributed by atoms with Gasteiger partial charge in [0.25, 0.3) is 0 Å². The molecule has 0 saturated carbocycles. The van der Waals surface area contributed by atoms with E-state index in [2.05, 4.69) is 10.3 Å². The maximum Gasteiger partial charge on any atom is 0.229 e. The lowest BCUT2D eigenvalue weighted by Gasteiger charge is -1.99. The SMILES string of the molecule is Cc1nc(CC(=O)NCCN)oc1C. The Morgan fingerprint density at radius 1 is 1.57 bits per heavy atom. The molecule has 5 nitrogen and oxygen atoms in total. The van der Waals surface area contributed by atoms with Crippen LogP contribution in [0.15, 0.2) is 4.42 Å². The van der Waals surface area contributed by atoms with Crippen LogP contribution in [0.25, 0.3) is 0 Å². The molecule has 0 atom stereocenters. The van der Waals surface area contributed by atoms with Crippen LogP contribution in [0.4, 0.5) is 0 Å². The Bertz CT molecular complexity index is 300. The molecule has 1 aromatic heterocycles. The van der Waals surface area contributed by atoms with Crippen molar-refractivity contribution in [2.24, 2.45) is 5.73 Å². The molecule has 0 spiro atoms. The Labute approximate surface area is 82.7 Å². The van der Waals surface area contributed by atoms with E-state index in [0.717, 1.165) is 11.5 Å². The minimum atomic E-state index is -0.114. The molecule has 0 radical (unpaired) electrons. The molecule has 0 unspecified atom stereocenters. The van der Waals surface area contributed by atoms with E-state index in [0.29, 0.717) is 19.0 Å². The number of hydrogen-bond acceptors (Lipinski definition) is 4. The van der Waals surface area contributed by atoms with Crippen LogP contribution in [0.1, 0.15) is 17.3 Å². The van der Waals surface area contributed by atoms with Gasteiger partial charge < -0.3 is 15.5 Å². The average molecular weight is 197 g/mol. The van der Waals surface area contributed by atoms with E-state index in [1.54, 1.807) is 0 Å². The first-order valence-corrected chi connectivity index (χ1v) is 4.53. The number of hydrogen-bond donors (Lipinski definition) is 2. The van der Waals surface area contributed by atoms with Crippen molar-refractivity contribution in [3.8, 4) is 0 Å². The molecule has 78 valence electrons. The van der Waals surface area contributed by atoms with Gasteiger partial charge in [-0.25, -0.2) is 4.98 Å². The number of nitrogens with two attached hydrogens (primary N) is 1. The molecule has 1 rings (SSSR count). The standard InChI is InChI=1S/C9H15N3O2/c1-6-7(2)14-9(12-6)5-8(13)11-4-3-10/h3-5,10H2,1-2H3,(H,11,13). The fourth-order valence-corrected chi connectivity index (χ4v) is 1.03. The Kier molecular flexibility index (Phi) is 3.64. The van der Waals surface area contributed by atoms with E-state index in [-0.39, 0.29) is 12.3 Å². The fraction of sp³-hybridized carbons (Fsp3) is 0.556. The first kappa shape index (κ1) is 10.7. The van der Waals surface area contributed by atoms with Crippen LogP contribution in [0.3, 0.4) is 0 Å². The smallest absolute Gasteiger partial charge is 0.229 e. The van der Waals surface area contributed by atoms with Gasteiger partial charge in [0.2, 0.25) is 11.8 Å². The second-order valence-electron chi connectivity index (χ2n) is 3.06. The second kappa shape index (κ2) is 4.76. The molecule has 5 heteroatoms. The summed E-state index contributed by atoms with van der Waals surface area (Å²) in [6.45, 7) is 4.59. The average Bonchev–Trinajstić information content (AvgIpc) is 2.42. The molecule has 3 N–H and O–H groups in total. The van der Waals surface area contributed by atoms with Crippen molar-refractivity contribution >= 4 is 5.91 Å². The third kappa shape index (κ3) is 2.85. The topological polar surface area (TPSA) is 81.2 Å². The third-order valence-corrected chi connectivity index (χ3v) is 1.85. The van der Waals surface area contributed by atoms with E-state index >= 15 is 0 Å². The molecule has 1 amide bonds. The number of oxazole rings is 1. The number of nitrogens with one attached hydrogen (secondary N) is 1. The summed E-state index contributed by atoms with van der Waals surface area (Å²) in [5.41, 5.74) is 6.07. The predicted molar refractivity (Wildman–Crippen MR) is 51.7 cm³/mol. The third-order valence-electron chi connectivity index (χ3n) is 1.85. The first-order valence-electron chi connectivity index (χ1n) is 4.53. The van der Waals surface area contributed by atoms with E-state index < -0.39 is 0 Å². The van der Waals surface area contributed by atoms with Gasteiger partial charge in [-0.3, -0.25) is 4.79 Å². The fourth-order valence-electron chi connectivity index (χ4n) is 1.03. The van der Waals surface area contributed by atoms with Gasteiger partial charge in [0.05, 0.1) is 5.69 Å². The van der Waals surface area contributed by atoms with E-state index in [1.165, 1.54) is 0 Å². The van der Waals surface area contributed by atoms with Crippen LogP contribution in [0.2, 0.25) is 0 Å². The Balaban J connectivity index is 2.48. The maximum atomic E-state index is 11.2. The number of nitrogens with zero attached hydrogens (tertiary/aromatic N) is 1. The summed E-state index contributed by atoms with van der Waals surface area (Å²) in [5, 5.41) is 2.65. The highest BCUT2D eigenvalue weighted by molar-refractivity contribution is 5.77. The number of carbonyl (C=O) groups excluding carboxylic acids is 1. The van der Waals surface area contributed by atoms with Crippen molar-refractivity contribution < 1.29 is 9.21 Å². The molecule has 0 aliphatic rings. The van der Waals surface area contributed by atoms with Gasteiger partial charge in [0.15, 0.2) is 0 Å². The summed E-state index contributed by atoms with van der Waals surface area (Å²) >= 11 is 0. The molecule has 0 aromatic carbocycles. The molecule has 0 fully saturated rings. The summed E-state index contributed by atoms with van der Waals surface area (Å²) in [6.07, 6.45) is 0.175. The zero-order valence-corrected chi connectivity index (χ0v) is 8.46. The van der Waals surface area contributed by atoms with E-state index in [1.807, 2.05) is 13.8 Å². The summed E-state index contributed by atoms with van der Waals surface area (Å²) < 4.78 is 5.26. The van der Waals surface area contributed by atoms with Crippen LogP contribution in [-0.4, -0.2) is 24.0 Å². The van der Waals surface area contributed by atoms with Crippen LogP contribution >= 0.6 is 0 Å². The highest BCUT2D eigenvalue weighted by atomic mass is 16.4. The normalized spacial score (nSPS) is 10.2. The van der Waals surface area contributed by atoms with Gasteiger partial charge in [-0.2, -0.15) is 0 Å². The summed E-state index contributed by atoms with van der Waals surface area (Å²) in [5.74, 6) is 1.10. The van der Waals surface area contributed by atoms with Crippen LogP contribution in [-0.2, 0) is 11.2 Å². The quantitative estimate of drug-likeness (QED) is 0.706. The van der Waals surface area contributed by atoms with Gasteiger partial charge in [0, 0.05) is 13.1 Å². The number of aromatic nitrogens is 1. The van der Waals surface area contributed by atoms with Gasteiger partial charge in [0.1, 0.15) is 12.2 Å². The first-order chi connectivity index (χ1) is 6.63. The number of aryl methyl sites for hydroxylation is 2. The Morgan fingerprint density at radius 2 is 2.29 bits per heavy atom. The Hall–Kier alpha value is -1.36. The highest BCUT2D eigenvalue weighted by Gasteiger charge is 2.09. The zero-order valence-electron chi connectivity index (χ0n) is 8.46. The van der Waals surface area contributed by atoms with Gasteiger partial charge in [-0.1, -0.05) is 0 Å². The summed E-state index contributed by atoms with van der Waals surface area (Å²) in [4.78, 5) is 15.3. The minimum absolute atomic E-state index is 0.114. The van der Waals surface area contributed by atoms with Crippen molar-refractivity contribution in [3.63, 3.8) is 0 Å². The molecule has 0 bridgehead atoms. The van der Waals surface area contributed by atoms with E-state index in [9.17, 15) is 4.79 Å². The van der Waals surface area contributed by atoms with Crippen LogP contribution in [0.5, 0.6) is 0 Å². The minimum Gasteiger partial charge on any atom is -0.445 e. The van der Waals surface area contributed by atoms with Crippen molar-refractivity contribution in [2.45, 2.75) is 20.3 Å². The van der Waals surface area contributed by atoms with Crippen molar-refractivity contribution in [1.82, 2.24) is 10.3 Å². The molecule has 1 aromatic rings. The molecule has 14 heavy (non-hydrogen) atoms. The molecule has 1 heterocycles. The lowest BCUT2D eigenvalue weighted by atomic mass is 10.4. The van der Waals surface area contributed by atoms with Gasteiger partial charge in [-0.05, 0) is 13.8 Å².